The second-order valence-corrected chi connectivity index (χ2v) is 7.34. The molecule has 1 aromatic carbocycles. The van der Waals surface area contributed by atoms with E-state index in [9.17, 15) is 8.42 Å². The molecular weight excluding hydrogens is 272 g/mol. The van der Waals surface area contributed by atoms with Gasteiger partial charge in [-0.25, -0.2) is 13.1 Å². The van der Waals surface area contributed by atoms with Crippen LogP contribution in [0.25, 0.3) is 0 Å². The Bertz CT molecular complexity index is 569. The van der Waals surface area contributed by atoms with Crippen LogP contribution in [0.15, 0.2) is 23.1 Å². The molecule has 0 heterocycles. The topological polar surface area (TPSA) is 58.2 Å². The highest BCUT2D eigenvalue weighted by atomic mass is 32.2. The Morgan fingerprint density at radius 2 is 2.05 bits per heavy atom. The van der Waals surface area contributed by atoms with Gasteiger partial charge in [-0.15, -0.1) is 0 Å². The second kappa shape index (κ2) is 6.24. The third-order valence-corrected chi connectivity index (χ3v) is 5.48. The lowest BCUT2D eigenvalue weighted by Gasteiger charge is -2.13. The molecule has 112 valence electrons. The van der Waals surface area contributed by atoms with Gasteiger partial charge in [0.25, 0.3) is 0 Å². The highest BCUT2D eigenvalue weighted by molar-refractivity contribution is 7.89. The first kappa shape index (κ1) is 15.5. The van der Waals surface area contributed by atoms with Crippen molar-refractivity contribution < 1.29 is 8.42 Å². The number of hydrogen-bond acceptors (Lipinski definition) is 3. The van der Waals surface area contributed by atoms with E-state index in [1.165, 1.54) is 0 Å². The average molecular weight is 296 g/mol. The standard InChI is InChI=1S/C15H24N2O2S/c1-4-8-16-10-13-6-5-7-15(12(13)3)20(18,19)17-14-9-11(14)2/h5-7,11,14,16-17H,4,8-10H2,1-3H3. The van der Waals surface area contributed by atoms with Crippen LogP contribution < -0.4 is 10.0 Å². The Balaban J connectivity index is 2.16. The van der Waals surface area contributed by atoms with Crippen LogP contribution in [0.3, 0.4) is 0 Å². The Hall–Kier alpha value is -0.910. The fourth-order valence-electron chi connectivity index (χ4n) is 2.29. The molecule has 0 bridgehead atoms. The lowest BCUT2D eigenvalue weighted by atomic mass is 10.1. The van der Waals surface area contributed by atoms with Crippen LogP contribution in [-0.4, -0.2) is 21.0 Å². The first-order chi connectivity index (χ1) is 9.45. The quantitative estimate of drug-likeness (QED) is 0.758. The van der Waals surface area contributed by atoms with Crippen molar-refractivity contribution in [3.8, 4) is 0 Å². The minimum absolute atomic E-state index is 0.112. The predicted molar refractivity (Wildman–Crippen MR) is 81.1 cm³/mol. The van der Waals surface area contributed by atoms with Crippen molar-refractivity contribution in [2.24, 2.45) is 5.92 Å². The molecule has 1 aliphatic carbocycles. The number of hydrogen-bond donors (Lipinski definition) is 2. The van der Waals surface area contributed by atoms with Gasteiger partial charge in [-0.2, -0.15) is 0 Å². The van der Waals surface area contributed by atoms with Crippen LogP contribution in [-0.2, 0) is 16.6 Å². The average Bonchev–Trinajstić information content (AvgIpc) is 3.06. The number of benzene rings is 1. The van der Waals surface area contributed by atoms with Gasteiger partial charge in [0.1, 0.15) is 0 Å². The van der Waals surface area contributed by atoms with Crippen molar-refractivity contribution in [1.29, 1.82) is 0 Å². The molecule has 0 saturated heterocycles. The van der Waals surface area contributed by atoms with Crippen molar-refractivity contribution in [2.75, 3.05) is 6.54 Å². The van der Waals surface area contributed by atoms with Crippen molar-refractivity contribution in [3.05, 3.63) is 29.3 Å². The zero-order chi connectivity index (χ0) is 14.8. The zero-order valence-electron chi connectivity index (χ0n) is 12.4. The van der Waals surface area contributed by atoms with Gasteiger partial charge in [-0.1, -0.05) is 26.0 Å². The summed E-state index contributed by atoms with van der Waals surface area (Å²) >= 11 is 0. The smallest absolute Gasteiger partial charge is 0.241 e. The zero-order valence-corrected chi connectivity index (χ0v) is 13.3. The maximum Gasteiger partial charge on any atom is 0.241 e. The number of sulfonamides is 1. The molecule has 1 saturated carbocycles. The molecule has 1 fully saturated rings. The van der Waals surface area contributed by atoms with Crippen LogP contribution >= 0.6 is 0 Å². The summed E-state index contributed by atoms with van der Waals surface area (Å²) < 4.78 is 27.6. The molecule has 1 aliphatic rings. The summed E-state index contributed by atoms with van der Waals surface area (Å²) in [7, 11) is -3.39. The minimum Gasteiger partial charge on any atom is -0.313 e. The van der Waals surface area contributed by atoms with E-state index < -0.39 is 10.0 Å². The molecule has 0 radical (unpaired) electrons. The van der Waals surface area contributed by atoms with E-state index in [4.69, 9.17) is 0 Å². The van der Waals surface area contributed by atoms with Gasteiger partial charge in [0, 0.05) is 12.6 Å². The predicted octanol–water partition coefficient (Wildman–Crippen LogP) is 2.18. The van der Waals surface area contributed by atoms with Crippen molar-refractivity contribution in [1.82, 2.24) is 10.0 Å². The minimum atomic E-state index is -3.39. The summed E-state index contributed by atoms with van der Waals surface area (Å²) in [6.45, 7) is 7.71. The molecule has 2 atom stereocenters. The van der Waals surface area contributed by atoms with E-state index in [1.807, 2.05) is 19.1 Å². The second-order valence-electron chi connectivity index (χ2n) is 5.66. The van der Waals surface area contributed by atoms with Gasteiger partial charge >= 0.3 is 0 Å². The van der Waals surface area contributed by atoms with Crippen LogP contribution in [0.5, 0.6) is 0 Å². The van der Waals surface area contributed by atoms with Gasteiger partial charge in [0.15, 0.2) is 0 Å². The summed E-state index contributed by atoms with van der Waals surface area (Å²) in [4.78, 5) is 0.410. The first-order valence-electron chi connectivity index (χ1n) is 7.27. The molecule has 0 amide bonds. The highest BCUT2D eigenvalue weighted by Crippen LogP contribution is 2.31. The van der Waals surface area contributed by atoms with Gasteiger partial charge in [0.2, 0.25) is 10.0 Å². The fourth-order valence-corrected chi connectivity index (χ4v) is 3.94. The molecule has 2 N–H and O–H groups in total. The molecule has 2 unspecified atom stereocenters. The van der Waals surface area contributed by atoms with Crippen LogP contribution in [0.1, 0.15) is 37.8 Å². The van der Waals surface area contributed by atoms with Crippen LogP contribution in [0.4, 0.5) is 0 Å². The molecular formula is C15H24N2O2S. The number of rotatable bonds is 7. The highest BCUT2D eigenvalue weighted by Gasteiger charge is 2.36. The lowest BCUT2D eigenvalue weighted by Crippen LogP contribution is -2.28. The Morgan fingerprint density at radius 3 is 2.65 bits per heavy atom. The van der Waals surface area contributed by atoms with E-state index >= 15 is 0 Å². The third-order valence-electron chi connectivity index (χ3n) is 3.84. The summed E-state index contributed by atoms with van der Waals surface area (Å²) in [6, 6.07) is 5.60. The Morgan fingerprint density at radius 1 is 1.35 bits per heavy atom. The molecule has 1 aromatic rings. The molecule has 2 rings (SSSR count). The summed E-state index contributed by atoms with van der Waals surface area (Å²) in [5.74, 6) is 0.458. The maximum atomic E-state index is 12.4. The molecule has 20 heavy (non-hydrogen) atoms. The van der Waals surface area contributed by atoms with Crippen molar-refractivity contribution in [3.63, 3.8) is 0 Å². The van der Waals surface area contributed by atoms with Crippen molar-refractivity contribution in [2.45, 2.75) is 51.1 Å². The lowest BCUT2D eigenvalue weighted by molar-refractivity contribution is 0.577. The van der Waals surface area contributed by atoms with Gasteiger partial charge in [0.05, 0.1) is 4.90 Å². The summed E-state index contributed by atoms with van der Waals surface area (Å²) in [5.41, 5.74) is 1.89. The fraction of sp³-hybridized carbons (Fsp3) is 0.600. The molecule has 0 aromatic heterocycles. The maximum absolute atomic E-state index is 12.4. The normalized spacial score (nSPS) is 21.9. The monoisotopic (exact) mass is 296 g/mol. The largest absolute Gasteiger partial charge is 0.313 e. The Labute approximate surface area is 122 Å². The summed E-state index contributed by atoms with van der Waals surface area (Å²) in [6.07, 6.45) is 2.01. The van der Waals surface area contributed by atoms with Gasteiger partial charge in [-0.05, 0) is 49.4 Å². The Kier molecular flexibility index (Phi) is 4.83. The van der Waals surface area contributed by atoms with Gasteiger partial charge in [-0.3, -0.25) is 0 Å². The molecule has 5 heteroatoms. The van der Waals surface area contributed by atoms with E-state index in [0.717, 1.165) is 30.5 Å². The molecule has 0 aliphatic heterocycles. The van der Waals surface area contributed by atoms with E-state index in [-0.39, 0.29) is 6.04 Å². The van der Waals surface area contributed by atoms with Crippen LogP contribution in [0, 0.1) is 12.8 Å². The van der Waals surface area contributed by atoms with Crippen molar-refractivity contribution >= 4 is 10.0 Å². The van der Waals surface area contributed by atoms with E-state index in [1.54, 1.807) is 6.07 Å². The van der Waals surface area contributed by atoms with Crippen LogP contribution in [0.2, 0.25) is 0 Å². The van der Waals surface area contributed by atoms with E-state index in [0.29, 0.717) is 17.4 Å². The van der Waals surface area contributed by atoms with E-state index in [2.05, 4.69) is 23.9 Å². The molecule has 0 spiro atoms. The van der Waals surface area contributed by atoms with Gasteiger partial charge < -0.3 is 5.32 Å². The SMILES string of the molecule is CCCNCc1cccc(S(=O)(=O)NC2CC2C)c1C. The molecule has 4 nitrogen and oxygen atoms in total. The number of nitrogens with one attached hydrogen (secondary N) is 2. The first-order valence-corrected chi connectivity index (χ1v) is 8.75. The third kappa shape index (κ3) is 3.59. The summed E-state index contributed by atoms with van der Waals surface area (Å²) in [5, 5.41) is 3.32.